The van der Waals surface area contributed by atoms with Gasteiger partial charge in [-0.3, -0.25) is 14.5 Å². The van der Waals surface area contributed by atoms with Gasteiger partial charge in [-0.2, -0.15) is 0 Å². The fourth-order valence-corrected chi connectivity index (χ4v) is 5.68. The summed E-state index contributed by atoms with van der Waals surface area (Å²) in [6.07, 6.45) is 0. The maximum absolute atomic E-state index is 15.1. The van der Waals surface area contributed by atoms with Crippen LogP contribution < -0.4 is 9.64 Å². The first-order valence-corrected chi connectivity index (χ1v) is 12.3. The third-order valence-corrected chi connectivity index (χ3v) is 7.11. The van der Waals surface area contributed by atoms with Gasteiger partial charge in [0.2, 0.25) is 0 Å². The van der Waals surface area contributed by atoms with Crippen LogP contribution in [0, 0.1) is 19.7 Å². The minimum atomic E-state index is -1.18. The lowest BCUT2D eigenvalue weighted by atomic mass is 9.95. The molecule has 0 aliphatic carbocycles. The second kappa shape index (κ2) is 9.20. The smallest absolute Gasteiger partial charge is 0.301 e. The molecule has 1 atom stereocenters. The zero-order chi connectivity index (χ0) is 25.6. The van der Waals surface area contributed by atoms with E-state index >= 15 is 4.39 Å². The summed E-state index contributed by atoms with van der Waals surface area (Å²) in [7, 11) is 0. The van der Waals surface area contributed by atoms with Crippen LogP contribution in [-0.4, -0.2) is 28.4 Å². The minimum absolute atomic E-state index is 0.0938. The lowest BCUT2D eigenvalue weighted by Crippen LogP contribution is -2.29. The molecule has 0 spiro atoms. The Labute approximate surface area is 211 Å². The molecule has 1 fully saturated rings. The number of carbonyl (C=O) groups excluding carboxylic acids is 2. The second-order valence-corrected chi connectivity index (χ2v) is 9.58. The average molecular weight is 503 g/mol. The number of rotatable bonds is 5. The van der Waals surface area contributed by atoms with Crippen molar-refractivity contribution in [2.45, 2.75) is 26.8 Å². The quantitative estimate of drug-likeness (QED) is 0.203. The van der Waals surface area contributed by atoms with Gasteiger partial charge in [0.15, 0.2) is 5.13 Å². The first-order valence-electron chi connectivity index (χ1n) is 11.5. The minimum Gasteiger partial charge on any atom is -0.507 e. The number of thiazole rings is 1. The number of benzene rings is 3. The van der Waals surface area contributed by atoms with E-state index in [1.54, 1.807) is 30.3 Å². The number of hydrogen-bond acceptors (Lipinski definition) is 6. The Bertz CT molecular complexity index is 1540. The van der Waals surface area contributed by atoms with Gasteiger partial charge >= 0.3 is 5.91 Å². The summed E-state index contributed by atoms with van der Waals surface area (Å²) in [4.78, 5) is 32.5. The van der Waals surface area contributed by atoms with E-state index in [1.807, 2.05) is 32.9 Å². The summed E-state index contributed by atoms with van der Waals surface area (Å²) in [5.41, 5.74) is 2.90. The van der Waals surface area contributed by atoms with Gasteiger partial charge < -0.3 is 9.84 Å². The molecule has 3 aromatic carbocycles. The van der Waals surface area contributed by atoms with Crippen molar-refractivity contribution in [2.75, 3.05) is 11.5 Å². The number of aryl methyl sites for hydroxylation is 2. The zero-order valence-corrected chi connectivity index (χ0v) is 20.7. The van der Waals surface area contributed by atoms with Gasteiger partial charge in [-0.05, 0) is 68.3 Å². The Morgan fingerprint density at radius 3 is 2.53 bits per heavy atom. The van der Waals surface area contributed by atoms with E-state index in [4.69, 9.17) is 4.74 Å². The highest BCUT2D eigenvalue weighted by Gasteiger charge is 2.49. The number of nitrogens with zero attached hydrogens (tertiary/aromatic N) is 2. The highest BCUT2D eigenvalue weighted by molar-refractivity contribution is 7.22. The standard InChI is InChI=1S/C28H23FN2O4S/c1-4-35-18-11-9-17(10-12-18)25(32)22-24(19-7-5-6-8-20(19)29)31(27(34)26(22)33)28-30-23-16(3)13-15(2)14-21(23)36-28/h5-14,24,32H,4H2,1-3H3/b25-22+/t24-/m1/s1. The molecule has 5 rings (SSSR count). The molecule has 1 aliphatic rings. The monoisotopic (exact) mass is 502 g/mol. The van der Waals surface area contributed by atoms with E-state index in [2.05, 4.69) is 4.98 Å². The number of aliphatic hydroxyl groups excluding tert-OH is 1. The molecule has 0 bridgehead atoms. The lowest BCUT2D eigenvalue weighted by Gasteiger charge is -2.23. The Kier molecular flexibility index (Phi) is 6.05. The predicted octanol–water partition coefficient (Wildman–Crippen LogP) is 6.08. The van der Waals surface area contributed by atoms with E-state index in [1.165, 1.54) is 34.4 Å². The first-order chi connectivity index (χ1) is 17.3. The van der Waals surface area contributed by atoms with Crippen molar-refractivity contribution in [1.29, 1.82) is 0 Å². The van der Waals surface area contributed by atoms with E-state index in [-0.39, 0.29) is 22.0 Å². The number of aromatic nitrogens is 1. The number of ether oxygens (including phenoxy) is 1. The molecular formula is C28H23FN2O4S. The van der Waals surface area contributed by atoms with Crippen LogP contribution in [0.15, 0.2) is 66.2 Å². The van der Waals surface area contributed by atoms with Gasteiger partial charge in [0.05, 0.1) is 22.4 Å². The van der Waals surface area contributed by atoms with E-state index in [9.17, 15) is 14.7 Å². The number of anilines is 1. The van der Waals surface area contributed by atoms with Crippen LogP contribution >= 0.6 is 11.3 Å². The molecule has 0 radical (unpaired) electrons. The number of aliphatic hydroxyl groups is 1. The molecule has 1 N–H and O–H groups in total. The van der Waals surface area contributed by atoms with Crippen molar-refractivity contribution in [3.05, 3.63) is 94.3 Å². The lowest BCUT2D eigenvalue weighted by molar-refractivity contribution is -0.132. The number of Topliss-reactive ketones (excluding diaryl/α,β-unsaturated/α-hetero) is 1. The molecule has 36 heavy (non-hydrogen) atoms. The predicted molar refractivity (Wildman–Crippen MR) is 138 cm³/mol. The van der Waals surface area contributed by atoms with Crippen molar-refractivity contribution in [3.63, 3.8) is 0 Å². The number of halogens is 1. The summed E-state index contributed by atoms with van der Waals surface area (Å²) >= 11 is 1.25. The van der Waals surface area contributed by atoms with Gasteiger partial charge in [-0.1, -0.05) is 35.6 Å². The highest BCUT2D eigenvalue weighted by Crippen LogP contribution is 2.45. The molecule has 0 saturated carbocycles. The molecule has 1 aromatic heterocycles. The van der Waals surface area contributed by atoms with Crippen molar-refractivity contribution in [1.82, 2.24) is 4.98 Å². The number of fused-ring (bicyclic) bond motifs is 1. The van der Waals surface area contributed by atoms with Crippen LogP contribution in [0.3, 0.4) is 0 Å². The summed E-state index contributed by atoms with van der Waals surface area (Å²) in [5, 5.41) is 11.5. The SMILES string of the molecule is CCOc1ccc(/C(O)=C2\C(=O)C(=O)N(c3nc4c(C)cc(C)cc4s3)[C@@H]2c2ccccc2F)cc1. The number of carbonyl (C=O) groups is 2. The zero-order valence-electron chi connectivity index (χ0n) is 19.9. The molecule has 8 heteroatoms. The van der Waals surface area contributed by atoms with Crippen LogP contribution in [0.5, 0.6) is 5.75 Å². The third-order valence-electron chi connectivity index (χ3n) is 6.11. The van der Waals surface area contributed by atoms with E-state index < -0.39 is 23.5 Å². The highest BCUT2D eigenvalue weighted by atomic mass is 32.1. The topological polar surface area (TPSA) is 79.7 Å². The molecule has 1 aliphatic heterocycles. The van der Waals surface area contributed by atoms with Crippen LogP contribution in [0.1, 0.15) is 35.2 Å². The third kappa shape index (κ3) is 3.93. The number of ketones is 1. The van der Waals surface area contributed by atoms with Crippen LogP contribution in [0.4, 0.5) is 9.52 Å². The fraction of sp³-hybridized carbons (Fsp3) is 0.179. The first kappa shape index (κ1) is 23.7. The molecular weight excluding hydrogens is 479 g/mol. The maximum Gasteiger partial charge on any atom is 0.301 e. The normalized spacial score (nSPS) is 17.2. The number of amides is 1. The summed E-state index contributed by atoms with van der Waals surface area (Å²) in [5.74, 6) is -2.16. The maximum atomic E-state index is 15.1. The van der Waals surface area contributed by atoms with Gasteiger partial charge in [-0.15, -0.1) is 0 Å². The van der Waals surface area contributed by atoms with Crippen LogP contribution in [0.2, 0.25) is 0 Å². The molecule has 182 valence electrons. The fourth-order valence-electron chi connectivity index (χ4n) is 4.51. The van der Waals surface area contributed by atoms with Gasteiger partial charge in [0, 0.05) is 11.1 Å². The Hall–Kier alpha value is -4.04. The molecule has 0 unspecified atom stereocenters. The van der Waals surface area contributed by atoms with Crippen molar-refractivity contribution >= 4 is 44.1 Å². The van der Waals surface area contributed by atoms with Crippen molar-refractivity contribution in [3.8, 4) is 5.75 Å². The van der Waals surface area contributed by atoms with Crippen molar-refractivity contribution in [2.24, 2.45) is 0 Å². The Balaban J connectivity index is 1.71. The average Bonchev–Trinajstić information content (AvgIpc) is 3.38. The molecule has 6 nitrogen and oxygen atoms in total. The molecule has 1 saturated heterocycles. The van der Waals surface area contributed by atoms with Crippen LogP contribution in [0.25, 0.3) is 16.0 Å². The molecule has 4 aromatic rings. The Morgan fingerprint density at radius 2 is 1.83 bits per heavy atom. The summed E-state index contributed by atoms with van der Waals surface area (Å²) in [6.45, 7) is 6.22. The second-order valence-electron chi connectivity index (χ2n) is 8.57. The number of hydrogen-bond donors (Lipinski definition) is 1. The van der Waals surface area contributed by atoms with E-state index in [0.29, 0.717) is 23.4 Å². The van der Waals surface area contributed by atoms with E-state index in [0.717, 1.165) is 15.8 Å². The van der Waals surface area contributed by atoms with Crippen LogP contribution in [-0.2, 0) is 9.59 Å². The molecule has 1 amide bonds. The largest absolute Gasteiger partial charge is 0.507 e. The van der Waals surface area contributed by atoms with Gasteiger partial charge in [0.1, 0.15) is 23.4 Å². The van der Waals surface area contributed by atoms with Crippen molar-refractivity contribution < 1.29 is 23.8 Å². The van der Waals surface area contributed by atoms with Gasteiger partial charge in [-0.25, -0.2) is 9.37 Å². The Morgan fingerprint density at radius 1 is 1.11 bits per heavy atom. The molecule has 2 heterocycles. The van der Waals surface area contributed by atoms with Gasteiger partial charge in [0.25, 0.3) is 5.78 Å². The summed E-state index contributed by atoms with van der Waals surface area (Å²) < 4.78 is 21.4. The summed E-state index contributed by atoms with van der Waals surface area (Å²) in [6, 6.07) is 15.2.